The number of aliphatic imine (C=N–C) groups is 1. The fourth-order valence-corrected chi connectivity index (χ4v) is 2.99. The van der Waals surface area contributed by atoms with Crippen molar-refractivity contribution in [2.75, 3.05) is 0 Å². The van der Waals surface area contributed by atoms with E-state index in [1.807, 2.05) is 31.2 Å². The molecule has 0 aliphatic carbocycles. The topological polar surface area (TPSA) is 42.3 Å². The maximum atomic E-state index is 13.1. The summed E-state index contributed by atoms with van der Waals surface area (Å²) in [7, 11) is 0. The molecule has 0 atom stereocenters. The molecule has 4 heteroatoms. The van der Waals surface area contributed by atoms with Gasteiger partial charge in [0, 0.05) is 5.39 Å². The highest BCUT2D eigenvalue weighted by Gasteiger charge is 2.25. The molecule has 3 aromatic rings. The first kappa shape index (κ1) is 13.8. The van der Waals surface area contributed by atoms with E-state index in [0.717, 1.165) is 16.5 Å². The third-order valence-electron chi connectivity index (χ3n) is 4.08. The van der Waals surface area contributed by atoms with Crippen molar-refractivity contribution in [3.05, 3.63) is 71.2 Å². The molecule has 1 aliphatic heterocycles. The molecular weight excluding hydrogens is 291 g/mol. The average molecular weight is 304 g/mol. The standard InChI is InChI=1S/C19H13FN2O/c1-11-18-17(23)10-16(12-6-8-13(20)9-7-12)22-19(18)14-4-2-3-5-15(14)21-11/h2-9H,10H2,1H3. The van der Waals surface area contributed by atoms with Gasteiger partial charge in [-0.05, 0) is 30.7 Å². The second-order valence-electron chi connectivity index (χ2n) is 5.60. The number of pyridine rings is 1. The van der Waals surface area contributed by atoms with Crippen molar-refractivity contribution in [3.8, 4) is 0 Å². The number of Topliss-reactive ketones (excluding diaryl/α,β-unsaturated/α-hetero) is 1. The van der Waals surface area contributed by atoms with Gasteiger partial charge in [0.25, 0.3) is 0 Å². The van der Waals surface area contributed by atoms with Gasteiger partial charge < -0.3 is 0 Å². The maximum Gasteiger partial charge on any atom is 0.172 e. The molecule has 2 aromatic carbocycles. The van der Waals surface area contributed by atoms with Crippen molar-refractivity contribution in [2.24, 2.45) is 4.99 Å². The number of halogens is 1. The van der Waals surface area contributed by atoms with Gasteiger partial charge in [-0.3, -0.25) is 14.8 Å². The number of aryl methyl sites for hydroxylation is 1. The molecular formula is C19H13FN2O. The van der Waals surface area contributed by atoms with Crippen LogP contribution in [0.25, 0.3) is 10.9 Å². The largest absolute Gasteiger partial charge is 0.294 e. The van der Waals surface area contributed by atoms with E-state index in [-0.39, 0.29) is 18.0 Å². The zero-order valence-corrected chi connectivity index (χ0v) is 12.5. The summed E-state index contributed by atoms with van der Waals surface area (Å²) in [5, 5.41) is 0.862. The van der Waals surface area contributed by atoms with Crippen LogP contribution in [0.3, 0.4) is 0 Å². The first-order valence-corrected chi connectivity index (χ1v) is 7.39. The third-order valence-corrected chi connectivity index (χ3v) is 4.08. The first-order chi connectivity index (χ1) is 11.1. The summed E-state index contributed by atoms with van der Waals surface area (Å²) >= 11 is 0. The van der Waals surface area contributed by atoms with Crippen LogP contribution in [0.1, 0.15) is 28.0 Å². The zero-order chi connectivity index (χ0) is 16.0. The minimum absolute atomic E-state index is 0.00470. The molecule has 1 aliphatic rings. The van der Waals surface area contributed by atoms with Crippen LogP contribution in [0.2, 0.25) is 0 Å². The summed E-state index contributed by atoms with van der Waals surface area (Å²) in [6.07, 6.45) is 0.208. The Bertz CT molecular complexity index is 975. The first-order valence-electron chi connectivity index (χ1n) is 7.39. The predicted molar refractivity (Wildman–Crippen MR) is 88.0 cm³/mol. The van der Waals surface area contributed by atoms with E-state index in [1.54, 1.807) is 12.1 Å². The zero-order valence-electron chi connectivity index (χ0n) is 12.5. The lowest BCUT2D eigenvalue weighted by molar-refractivity contribution is 0.0999. The Morgan fingerprint density at radius 2 is 1.78 bits per heavy atom. The SMILES string of the molecule is Cc1nc2ccccc2c2c1C(=O)CC(c1ccc(F)cc1)=N2. The van der Waals surface area contributed by atoms with Crippen LogP contribution >= 0.6 is 0 Å². The van der Waals surface area contributed by atoms with Gasteiger partial charge in [-0.15, -0.1) is 0 Å². The van der Waals surface area contributed by atoms with Gasteiger partial charge in [0.1, 0.15) is 5.82 Å². The second-order valence-corrected chi connectivity index (χ2v) is 5.60. The van der Waals surface area contributed by atoms with E-state index in [0.29, 0.717) is 22.7 Å². The molecule has 0 fully saturated rings. The summed E-state index contributed by atoms with van der Waals surface area (Å²) in [5.41, 5.74) is 4.21. The van der Waals surface area contributed by atoms with Gasteiger partial charge in [0.05, 0.1) is 34.6 Å². The van der Waals surface area contributed by atoms with E-state index < -0.39 is 0 Å². The predicted octanol–water partition coefficient (Wildman–Crippen LogP) is 4.39. The van der Waals surface area contributed by atoms with Gasteiger partial charge in [-0.25, -0.2) is 4.39 Å². The van der Waals surface area contributed by atoms with Crippen LogP contribution < -0.4 is 0 Å². The Hall–Kier alpha value is -2.88. The smallest absolute Gasteiger partial charge is 0.172 e. The van der Waals surface area contributed by atoms with Gasteiger partial charge in [0.2, 0.25) is 0 Å². The summed E-state index contributed by atoms with van der Waals surface area (Å²) in [4.78, 5) is 21.8. The van der Waals surface area contributed by atoms with Crippen LogP contribution in [0.4, 0.5) is 10.1 Å². The minimum Gasteiger partial charge on any atom is -0.294 e. The maximum absolute atomic E-state index is 13.1. The Morgan fingerprint density at radius 3 is 2.57 bits per heavy atom. The van der Waals surface area contributed by atoms with Crippen LogP contribution in [0.15, 0.2) is 53.5 Å². The fourth-order valence-electron chi connectivity index (χ4n) is 2.99. The number of benzene rings is 2. The summed E-state index contributed by atoms with van der Waals surface area (Å²) in [5.74, 6) is -0.299. The lowest BCUT2D eigenvalue weighted by Crippen LogP contribution is -2.16. The number of carbonyl (C=O) groups excluding carboxylic acids is 1. The number of aromatic nitrogens is 1. The van der Waals surface area contributed by atoms with Gasteiger partial charge >= 0.3 is 0 Å². The second kappa shape index (κ2) is 5.09. The van der Waals surface area contributed by atoms with Crippen molar-refractivity contribution in [3.63, 3.8) is 0 Å². The fraction of sp³-hybridized carbons (Fsp3) is 0.105. The Morgan fingerprint density at radius 1 is 1.04 bits per heavy atom. The van der Waals surface area contributed by atoms with Gasteiger partial charge in [0.15, 0.2) is 5.78 Å². The van der Waals surface area contributed by atoms with Crippen molar-refractivity contribution in [1.82, 2.24) is 4.98 Å². The summed E-state index contributed by atoms with van der Waals surface area (Å²) in [6.45, 7) is 1.83. The molecule has 2 heterocycles. The molecule has 0 unspecified atom stereocenters. The normalized spacial score (nSPS) is 13.8. The van der Waals surface area contributed by atoms with Crippen LogP contribution in [-0.2, 0) is 0 Å². The lowest BCUT2D eigenvalue weighted by Gasteiger charge is -2.18. The van der Waals surface area contributed by atoms with Crippen LogP contribution in [-0.4, -0.2) is 16.5 Å². The molecule has 0 spiro atoms. The number of para-hydroxylation sites is 1. The quantitative estimate of drug-likeness (QED) is 0.669. The number of carbonyl (C=O) groups is 1. The number of hydrogen-bond donors (Lipinski definition) is 0. The molecule has 0 radical (unpaired) electrons. The highest BCUT2D eigenvalue weighted by Crippen LogP contribution is 2.35. The highest BCUT2D eigenvalue weighted by atomic mass is 19.1. The van der Waals surface area contributed by atoms with E-state index in [2.05, 4.69) is 4.98 Å². The Kier molecular flexibility index (Phi) is 3.05. The van der Waals surface area contributed by atoms with Crippen molar-refractivity contribution in [2.45, 2.75) is 13.3 Å². The molecule has 0 saturated heterocycles. The van der Waals surface area contributed by atoms with Crippen molar-refractivity contribution in [1.29, 1.82) is 0 Å². The Balaban J connectivity index is 1.99. The van der Waals surface area contributed by atoms with Crippen molar-refractivity contribution < 1.29 is 9.18 Å². The highest BCUT2D eigenvalue weighted by molar-refractivity contribution is 6.23. The van der Waals surface area contributed by atoms with Gasteiger partial charge in [-0.1, -0.05) is 30.3 Å². The molecule has 0 amide bonds. The molecule has 0 bridgehead atoms. The molecule has 4 rings (SSSR count). The van der Waals surface area contributed by atoms with Crippen LogP contribution in [0.5, 0.6) is 0 Å². The third kappa shape index (κ3) is 2.23. The van der Waals surface area contributed by atoms with Crippen LogP contribution in [0, 0.1) is 12.7 Å². The van der Waals surface area contributed by atoms with E-state index >= 15 is 0 Å². The number of hydrogen-bond acceptors (Lipinski definition) is 3. The number of ketones is 1. The molecule has 23 heavy (non-hydrogen) atoms. The number of fused-ring (bicyclic) bond motifs is 3. The Labute approximate surface area is 132 Å². The minimum atomic E-state index is -0.303. The van der Waals surface area contributed by atoms with E-state index in [4.69, 9.17) is 4.99 Å². The summed E-state index contributed by atoms with van der Waals surface area (Å²) in [6, 6.07) is 13.7. The average Bonchev–Trinajstić information content (AvgIpc) is 2.55. The number of rotatable bonds is 1. The van der Waals surface area contributed by atoms with E-state index in [9.17, 15) is 9.18 Å². The summed E-state index contributed by atoms with van der Waals surface area (Å²) < 4.78 is 13.1. The number of nitrogens with zero attached hydrogens (tertiary/aromatic N) is 2. The molecule has 1 aromatic heterocycles. The lowest BCUT2D eigenvalue weighted by atomic mass is 9.93. The van der Waals surface area contributed by atoms with Gasteiger partial charge in [-0.2, -0.15) is 0 Å². The van der Waals surface area contributed by atoms with Crippen molar-refractivity contribution >= 4 is 28.1 Å². The molecule has 0 saturated carbocycles. The molecule has 0 N–H and O–H groups in total. The molecule has 3 nitrogen and oxygen atoms in total. The monoisotopic (exact) mass is 304 g/mol. The molecule has 112 valence electrons. The van der Waals surface area contributed by atoms with E-state index in [1.165, 1.54) is 12.1 Å².